The molecule has 0 spiro atoms. The quantitative estimate of drug-likeness (QED) is 0.0432. The Hall–Kier alpha value is -4.11. The largest absolute Gasteiger partial charge is 0.463 e. The third-order valence-electron chi connectivity index (χ3n) is 27.0. The van der Waals surface area contributed by atoms with Crippen molar-refractivity contribution in [3.8, 4) is 28.3 Å². The molecule has 7 aromatic rings. The number of hydrogen-bond donors (Lipinski definition) is 1. The summed E-state index contributed by atoms with van der Waals surface area (Å²) in [5.41, 5.74) is 23.6. The van der Waals surface area contributed by atoms with Gasteiger partial charge >= 0.3 is 0 Å². The van der Waals surface area contributed by atoms with Crippen LogP contribution in [0.15, 0.2) is 109 Å². The van der Waals surface area contributed by atoms with Crippen LogP contribution in [-0.2, 0) is 20.3 Å². The van der Waals surface area contributed by atoms with Crippen molar-refractivity contribution in [2.45, 2.75) is 377 Å². The summed E-state index contributed by atoms with van der Waals surface area (Å²) in [6.45, 7) is 83.5. The average molecular weight is 1610 g/mol. The van der Waals surface area contributed by atoms with Crippen molar-refractivity contribution in [2.75, 3.05) is 18.9 Å². The highest BCUT2D eigenvalue weighted by Gasteiger charge is 2.49. The molecule has 0 radical (unpaired) electrons. The second-order valence-corrected chi connectivity index (χ2v) is 65.7. The van der Waals surface area contributed by atoms with Gasteiger partial charge < -0.3 is 29.2 Å². The zero-order valence-electron chi connectivity index (χ0n) is 76.0. The van der Waals surface area contributed by atoms with Gasteiger partial charge in [-0.1, -0.05) is 340 Å². The Morgan fingerprint density at radius 2 is 0.664 bits per heavy atom. The summed E-state index contributed by atoms with van der Waals surface area (Å²) in [6, 6.07) is 42.3. The van der Waals surface area contributed by atoms with E-state index in [1.165, 1.54) is 43.3 Å². The SMILES string of the molecule is CC(C)(C)CC(C)(C)c1ccc(OC2CCCCO2)c(N)c1.CC(C)[Si](c1ccc(-c2ccc([Si](C(C)C)(C(C)C)C(C)C)cc2Cl)c(Cl)c1)(C(C)C)C(C)C.CC(C)[Si](c1ccc2c3ccc([Si](C(C)C)(C(C)C)C(C)C)cc3n(-c3cc(C(C)(C)CC(C)(C)C)ccc3OC3CCCCO3)c2c1)(C(C)C)C(C)C. The van der Waals surface area contributed by atoms with Gasteiger partial charge in [-0.2, -0.15) is 0 Å². The molecule has 612 valence electrons. The van der Waals surface area contributed by atoms with E-state index in [2.05, 4.69) is 343 Å². The third-order valence-corrected chi connectivity index (χ3v) is 55.8. The number of hydrogen-bond acceptors (Lipinski definition) is 5. The standard InChI is InChI=1S/C49H77NO2Si2.C30H48Cl2Si2.C19H31NO2/c1-32(2)53(33(3)4,34(5)6)39-22-24-41-42-25-23-40(54(35(7)8,36(9)10)37(11)12)30-44(42)50(43(41)29-39)45-28-38(49(16,17)31-48(13,14)15)21-26-46(45)52-47-20-18-19-27-51-47;1-19(2)33(20(3)4,21(5)6)25-13-15-27(29(31)17-25)28-16-14-26(18-30(28)32)34(22(7)8,23(9)10)24(11)12;1-18(2,3)13-19(4,5)14-9-10-16(15(20)12-14)22-17-8-6-7-11-21-17/h21-26,28-30,32-37,47H,18-20,27,31H2,1-17H3;13-24H,1-12H3;9-10,12,17H,6-8,11,13,20H2,1-5H3. The molecule has 9 rings (SSSR count). The minimum absolute atomic E-state index is 0.0219. The second-order valence-electron chi connectivity index (χ2n) is 41.3. The fourth-order valence-electron chi connectivity index (χ4n) is 23.9. The van der Waals surface area contributed by atoms with Gasteiger partial charge in [0.05, 0.1) is 67.9 Å². The number of ether oxygens (including phenoxy) is 4. The Balaban J connectivity index is 0.000000255. The molecule has 2 N–H and O–H groups in total. The molecule has 0 amide bonds. The maximum Gasteiger partial charge on any atom is 0.199 e. The van der Waals surface area contributed by atoms with E-state index >= 15 is 0 Å². The van der Waals surface area contributed by atoms with Gasteiger partial charge in [-0.15, -0.1) is 0 Å². The first-order valence-corrected chi connectivity index (χ1v) is 52.9. The molecule has 0 saturated carbocycles. The van der Waals surface area contributed by atoms with Crippen LogP contribution in [-0.4, -0.2) is 62.7 Å². The molecule has 2 atom stereocenters. The highest BCUT2D eigenvalue weighted by atomic mass is 35.5. The van der Waals surface area contributed by atoms with Gasteiger partial charge in [0.2, 0.25) is 0 Å². The van der Waals surface area contributed by atoms with Crippen molar-refractivity contribution >= 4 is 104 Å². The van der Waals surface area contributed by atoms with E-state index in [0.717, 1.165) is 103 Å². The fraction of sp³-hybridized carbons (Fsp3) is 0.633. The van der Waals surface area contributed by atoms with Crippen molar-refractivity contribution in [3.63, 3.8) is 0 Å². The van der Waals surface area contributed by atoms with Crippen LogP contribution in [0.2, 0.25) is 76.5 Å². The Bertz CT molecular complexity index is 3890. The monoisotopic (exact) mass is 1610 g/mol. The van der Waals surface area contributed by atoms with Gasteiger partial charge in [0.15, 0.2) is 12.6 Å². The van der Waals surface area contributed by atoms with Gasteiger partial charge in [-0.3, -0.25) is 0 Å². The van der Waals surface area contributed by atoms with Crippen LogP contribution in [0.1, 0.15) is 298 Å². The first-order valence-electron chi connectivity index (χ1n) is 43.2. The Labute approximate surface area is 687 Å². The molecule has 2 saturated heterocycles. The molecule has 3 heterocycles. The molecule has 2 fully saturated rings. The zero-order valence-corrected chi connectivity index (χ0v) is 81.5. The third kappa shape index (κ3) is 19.4. The van der Waals surface area contributed by atoms with Crippen LogP contribution in [0.3, 0.4) is 0 Å². The molecule has 6 aromatic carbocycles. The van der Waals surface area contributed by atoms with Gasteiger partial charge in [0.25, 0.3) is 0 Å². The van der Waals surface area contributed by atoms with E-state index in [9.17, 15) is 0 Å². The minimum Gasteiger partial charge on any atom is -0.463 e. The number of rotatable bonds is 26. The van der Waals surface area contributed by atoms with Gasteiger partial charge in [0.1, 0.15) is 11.5 Å². The van der Waals surface area contributed by atoms with Crippen molar-refractivity contribution in [2.24, 2.45) is 10.8 Å². The molecule has 12 heteroatoms. The average Bonchev–Trinajstić information content (AvgIpc) is 1.54. The van der Waals surface area contributed by atoms with Gasteiger partial charge in [0, 0.05) is 44.8 Å². The number of nitrogen functional groups attached to an aromatic ring is 1. The van der Waals surface area contributed by atoms with Crippen molar-refractivity contribution in [1.29, 1.82) is 0 Å². The maximum atomic E-state index is 7.01. The summed E-state index contributed by atoms with van der Waals surface area (Å²) in [5, 5.41) is 10.4. The van der Waals surface area contributed by atoms with E-state index in [-0.39, 0.29) is 34.2 Å². The van der Waals surface area contributed by atoms with Crippen LogP contribution in [0.25, 0.3) is 38.6 Å². The van der Waals surface area contributed by atoms with E-state index in [1.54, 1.807) is 10.4 Å². The van der Waals surface area contributed by atoms with E-state index in [0.29, 0.717) is 72.2 Å². The summed E-state index contributed by atoms with van der Waals surface area (Å²) in [4.78, 5) is 0. The lowest BCUT2D eigenvalue weighted by Gasteiger charge is -2.44. The number of fused-ring (bicyclic) bond motifs is 3. The van der Waals surface area contributed by atoms with Crippen LogP contribution < -0.4 is 36.0 Å². The minimum atomic E-state index is -1.95. The lowest BCUT2D eigenvalue weighted by Crippen LogP contribution is -2.55. The highest BCUT2D eigenvalue weighted by molar-refractivity contribution is 6.97. The van der Waals surface area contributed by atoms with E-state index < -0.39 is 32.3 Å². The molecule has 0 aliphatic carbocycles. The molecular weight excluding hydrogens is 1450 g/mol. The molecule has 110 heavy (non-hydrogen) atoms. The number of nitrogens with two attached hydrogens (primary N) is 1. The Morgan fingerprint density at radius 1 is 0.373 bits per heavy atom. The van der Waals surface area contributed by atoms with Crippen LogP contribution in [0.5, 0.6) is 11.5 Å². The fourth-order valence-corrected chi connectivity index (χ4v) is 51.7. The number of nitrogens with zero attached hydrogens (tertiary/aromatic N) is 1. The Morgan fingerprint density at radius 3 is 0.945 bits per heavy atom. The van der Waals surface area contributed by atoms with Crippen molar-refractivity contribution in [3.05, 3.63) is 130 Å². The maximum absolute atomic E-state index is 7.01. The summed E-state index contributed by atoms with van der Waals surface area (Å²) >= 11 is 14.0. The van der Waals surface area contributed by atoms with Gasteiger partial charge in [-0.05, 0) is 186 Å². The topological polar surface area (TPSA) is 67.9 Å². The molecule has 1 aromatic heterocycles. The van der Waals surface area contributed by atoms with Crippen LogP contribution >= 0.6 is 23.2 Å². The smallest absolute Gasteiger partial charge is 0.199 e. The summed E-state index contributed by atoms with van der Waals surface area (Å²) < 4.78 is 27.4. The lowest BCUT2D eigenvalue weighted by molar-refractivity contribution is -0.106. The van der Waals surface area contributed by atoms with Crippen molar-refractivity contribution in [1.82, 2.24) is 4.57 Å². The van der Waals surface area contributed by atoms with E-state index in [4.69, 9.17) is 47.9 Å². The Kier molecular flexibility index (Phi) is 31.3. The predicted molar refractivity (Wildman–Crippen MR) is 499 cm³/mol. The number of halogens is 2. The summed E-state index contributed by atoms with van der Waals surface area (Å²) in [6.07, 6.45) is 8.19. The summed E-state index contributed by atoms with van der Waals surface area (Å²) in [5.74, 6) is 1.66. The highest BCUT2D eigenvalue weighted by Crippen LogP contribution is 2.50. The number of aromatic nitrogens is 1. The van der Waals surface area contributed by atoms with Crippen LogP contribution in [0, 0.1) is 10.8 Å². The second kappa shape index (κ2) is 37.0. The molecule has 6 nitrogen and oxygen atoms in total. The molecule has 2 aliphatic rings. The molecule has 0 bridgehead atoms. The molecule has 2 aliphatic heterocycles. The molecule has 2 unspecified atom stereocenters. The van der Waals surface area contributed by atoms with Crippen molar-refractivity contribution < 1.29 is 18.9 Å². The van der Waals surface area contributed by atoms with Crippen LogP contribution in [0.4, 0.5) is 5.69 Å². The van der Waals surface area contributed by atoms with Gasteiger partial charge in [-0.25, -0.2) is 0 Å². The number of anilines is 1. The van der Waals surface area contributed by atoms with E-state index in [1.807, 2.05) is 6.07 Å². The summed E-state index contributed by atoms with van der Waals surface area (Å²) in [7, 11) is -7.42. The number of benzene rings is 6. The first kappa shape index (κ1) is 93.1. The zero-order chi connectivity index (χ0) is 82.7. The predicted octanol–water partition coefficient (Wildman–Crippen LogP) is 29.5. The molecular formula is C98H156Cl2N2O4Si4. The lowest BCUT2D eigenvalue weighted by atomic mass is 9.72. The first-order chi connectivity index (χ1) is 50.9. The normalized spacial score (nSPS) is 16.4.